The quantitative estimate of drug-likeness (QED) is 0.648. The molecule has 8 nitrogen and oxygen atoms in total. The zero-order chi connectivity index (χ0) is 20.9. The molecule has 1 saturated heterocycles. The van der Waals surface area contributed by atoms with Gasteiger partial charge in [0.25, 0.3) is 0 Å². The van der Waals surface area contributed by atoms with Gasteiger partial charge in [-0.05, 0) is 55.3 Å². The topological polar surface area (TPSA) is 101 Å². The number of hydrogen-bond donors (Lipinski definition) is 1. The molecule has 0 spiro atoms. The van der Waals surface area contributed by atoms with Crippen molar-refractivity contribution in [3.05, 3.63) is 60.4 Å². The van der Waals surface area contributed by atoms with Crippen molar-refractivity contribution >= 4 is 23.6 Å². The minimum atomic E-state index is -0.120. The van der Waals surface area contributed by atoms with Crippen molar-refractivity contribution in [2.45, 2.75) is 25.7 Å². The van der Waals surface area contributed by atoms with Crippen molar-refractivity contribution < 1.29 is 18.5 Å². The number of aromatic nitrogens is 2. The Morgan fingerprint density at radius 1 is 1.17 bits per heavy atom. The maximum atomic E-state index is 12.3. The van der Waals surface area contributed by atoms with E-state index < -0.39 is 0 Å². The van der Waals surface area contributed by atoms with Gasteiger partial charge in [0, 0.05) is 43.3 Å². The van der Waals surface area contributed by atoms with E-state index in [1.54, 1.807) is 36.6 Å². The first-order valence-electron chi connectivity index (χ1n) is 9.80. The Balaban J connectivity index is 1.34. The Bertz CT molecular complexity index is 1030. The van der Waals surface area contributed by atoms with Gasteiger partial charge in [0.2, 0.25) is 23.5 Å². The molecule has 0 unspecified atom stereocenters. The Morgan fingerprint density at radius 2 is 1.93 bits per heavy atom. The summed E-state index contributed by atoms with van der Waals surface area (Å²) in [6.45, 7) is 2.73. The van der Waals surface area contributed by atoms with Crippen molar-refractivity contribution in [1.82, 2.24) is 15.0 Å². The number of rotatable bonds is 5. The Kier molecular flexibility index (Phi) is 5.74. The molecule has 0 atom stereocenters. The summed E-state index contributed by atoms with van der Waals surface area (Å²) in [6.07, 6.45) is 6.32. The van der Waals surface area contributed by atoms with Crippen LogP contribution in [0.3, 0.4) is 0 Å². The van der Waals surface area contributed by atoms with Crippen LogP contribution in [-0.4, -0.2) is 39.9 Å². The van der Waals surface area contributed by atoms with E-state index in [0.717, 1.165) is 18.4 Å². The van der Waals surface area contributed by atoms with Gasteiger partial charge in [-0.15, -0.1) is 0 Å². The second-order valence-corrected chi connectivity index (χ2v) is 7.16. The number of carbonyl (C=O) groups is 2. The lowest BCUT2D eigenvalue weighted by Crippen LogP contribution is -2.36. The fraction of sp³-hybridized carbons (Fsp3) is 0.273. The fourth-order valence-electron chi connectivity index (χ4n) is 3.42. The SMILES string of the molecule is CC(=O)Nc1ccc(-c2noc(C3CCN(C(=O)C=Cc4ccco4)CC3)n2)cc1. The number of nitrogens with zero attached hydrogens (tertiary/aromatic N) is 3. The number of likely N-dealkylation sites (tertiary alicyclic amines) is 1. The predicted octanol–water partition coefficient (Wildman–Crippen LogP) is 3.71. The van der Waals surface area contributed by atoms with Gasteiger partial charge >= 0.3 is 0 Å². The summed E-state index contributed by atoms with van der Waals surface area (Å²) < 4.78 is 10.7. The molecule has 154 valence electrons. The van der Waals surface area contributed by atoms with E-state index in [4.69, 9.17) is 8.94 Å². The van der Waals surface area contributed by atoms with Crippen LogP contribution in [0.1, 0.15) is 37.3 Å². The highest BCUT2D eigenvalue weighted by Gasteiger charge is 2.27. The highest BCUT2D eigenvalue weighted by atomic mass is 16.5. The van der Waals surface area contributed by atoms with E-state index >= 15 is 0 Å². The molecule has 0 radical (unpaired) electrons. The van der Waals surface area contributed by atoms with Crippen molar-refractivity contribution in [3.63, 3.8) is 0 Å². The molecule has 8 heteroatoms. The third-order valence-corrected chi connectivity index (χ3v) is 4.99. The molecule has 0 aliphatic carbocycles. The van der Waals surface area contributed by atoms with Gasteiger partial charge in [-0.3, -0.25) is 9.59 Å². The van der Waals surface area contributed by atoms with Crippen LogP contribution < -0.4 is 5.32 Å². The van der Waals surface area contributed by atoms with Crippen molar-refractivity contribution in [2.24, 2.45) is 0 Å². The largest absolute Gasteiger partial charge is 0.465 e. The monoisotopic (exact) mass is 406 g/mol. The molecule has 1 aromatic carbocycles. The molecule has 1 fully saturated rings. The van der Waals surface area contributed by atoms with Gasteiger partial charge in [-0.2, -0.15) is 4.98 Å². The summed E-state index contributed by atoms with van der Waals surface area (Å²) in [5.74, 6) is 1.74. The second kappa shape index (κ2) is 8.77. The van der Waals surface area contributed by atoms with Crippen LogP contribution in [0.4, 0.5) is 5.69 Å². The Hall–Kier alpha value is -3.68. The molecule has 1 aliphatic rings. The first-order valence-corrected chi connectivity index (χ1v) is 9.80. The van der Waals surface area contributed by atoms with Crippen molar-refractivity contribution in [2.75, 3.05) is 18.4 Å². The maximum Gasteiger partial charge on any atom is 0.246 e. The first-order chi connectivity index (χ1) is 14.6. The van der Waals surface area contributed by atoms with Crippen molar-refractivity contribution in [3.8, 4) is 11.4 Å². The summed E-state index contributed by atoms with van der Waals surface area (Å²) in [5.41, 5.74) is 1.53. The average Bonchev–Trinajstić information content (AvgIpc) is 3.45. The molecule has 4 rings (SSSR count). The number of nitrogens with one attached hydrogen (secondary N) is 1. The number of amides is 2. The number of furan rings is 1. The van der Waals surface area contributed by atoms with E-state index in [1.807, 2.05) is 17.0 Å². The zero-order valence-corrected chi connectivity index (χ0v) is 16.6. The smallest absolute Gasteiger partial charge is 0.246 e. The molecule has 3 heterocycles. The van der Waals surface area contributed by atoms with Gasteiger partial charge in [0.05, 0.1) is 6.26 Å². The van der Waals surface area contributed by atoms with E-state index in [2.05, 4.69) is 15.5 Å². The van der Waals surface area contributed by atoms with E-state index in [9.17, 15) is 9.59 Å². The molecule has 3 aromatic rings. The van der Waals surface area contributed by atoms with E-state index in [0.29, 0.717) is 36.3 Å². The standard InChI is InChI=1S/C22H22N4O4/c1-15(27)23-18-6-4-16(5-7-18)21-24-22(30-25-21)17-10-12-26(13-11-17)20(28)9-8-19-3-2-14-29-19/h2-9,14,17H,10-13H2,1H3,(H,23,27). The lowest BCUT2D eigenvalue weighted by atomic mass is 9.96. The van der Waals surface area contributed by atoms with Gasteiger partial charge < -0.3 is 19.2 Å². The molecule has 30 heavy (non-hydrogen) atoms. The molecule has 1 N–H and O–H groups in total. The van der Waals surface area contributed by atoms with Crippen LogP contribution in [0.25, 0.3) is 17.5 Å². The Morgan fingerprint density at radius 3 is 2.60 bits per heavy atom. The minimum Gasteiger partial charge on any atom is -0.465 e. The molecular weight excluding hydrogens is 384 g/mol. The normalized spacial score (nSPS) is 14.9. The van der Waals surface area contributed by atoms with E-state index in [1.165, 1.54) is 13.0 Å². The number of piperidine rings is 1. The summed E-state index contributed by atoms with van der Waals surface area (Å²) in [4.78, 5) is 29.8. The molecular formula is C22H22N4O4. The fourth-order valence-corrected chi connectivity index (χ4v) is 3.42. The minimum absolute atomic E-state index is 0.0321. The second-order valence-electron chi connectivity index (χ2n) is 7.16. The number of anilines is 1. The number of hydrogen-bond acceptors (Lipinski definition) is 6. The van der Waals surface area contributed by atoms with Crippen molar-refractivity contribution in [1.29, 1.82) is 0 Å². The number of carbonyl (C=O) groups excluding carboxylic acids is 2. The molecule has 0 saturated carbocycles. The van der Waals surface area contributed by atoms with Crippen LogP contribution in [0.2, 0.25) is 0 Å². The lowest BCUT2D eigenvalue weighted by Gasteiger charge is -2.29. The zero-order valence-electron chi connectivity index (χ0n) is 16.6. The number of benzene rings is 1. The van der Waals surface area contributed by atoms with Gasteiger partial charge in [0.1, 0.15) is 5.76 Å². The van der Waals surface area contributed by atoms with E-state index in [-0.39, 0.29) is 17.7 Å². The molecule has 2 amide bonds. The highest BCUT2D eigenvalue weighted by molar-refractivity contribution is 5.91. The molecule has 1 aliphatic heterocycles. The van der Waals surface area contributed by atoms with Crippen LogP contribution in [-0.2, 0) is 9.59 Å². The average molecular weight is 406 g/mol. The first kappa shape index (κ1) is 19.6. The van der Waals surface area contributed by atoms with Crippen LogP contribution in [0.15, 0.2) is 57.7 Å². The highest BCUT2D eigenvalue weighted by Crippen LogP contribution is 2.29. The van der Waals surface area contributed by atoms with Crippen LogP contribution >= 0.6 is 0 Å². The summed E-state index contributed by atoms with van der Waals surface area (Å²) in [5, 5.41) is 6.81. The lowest BCUT2D eigenvalue weighted by molar-refractivity contribution is -0.127. The summed E-state index contributed by atoms with van der Waals surface area (Å²) in [7, 11) is 0. The van der Waals surface area contributed by atoms with Gasteiger partial charge in [0.15, 0.2) is 0 Å². The van der Waals surface area contributed by atoms with Crippen LogP contribution in [0, 0.1) is 0 Å². The van der Waals surface area contributed by atoms with Crippen LogP contribution in [0.5, 0.6) is 0 Å². The summed E-state index contributed by atoms with van der Waals surface area (Å²) >= 11 is 0. The summed E-state index contributed by atoms with van der Waals surface area (Å²) in [6, 6.07) is 10.9. The van der Waals surface area contributed by atoms with Gasteiger partial charge in [-0.25, -0.2) is 0 Å². The third kappa shape index (κ3) is 4.65. The van der Waals surface area contributed by atoms with Gasteiger partial charge in [-0.1, -0.05) is 5.16 Å². The Labute approximate surface area is 173 Å². The maximum absolute atomic E-state index is 12.3. The predicted molar refractivity (Wildman–Crippen MR) is 110 cm³/mol. The molecule has 0 bridgehead atoms. The third-order valence-electron chi connectivity index (χ3n) is 4.99. The molecule has 2 aromatic heterocycles.